The van der Waals surface area contributed by atoms with E-state index >= 15 is 0 Å². The summed E-state index contributed by atoms with van der Waals surface area (Å²) >= 11 is 5.54. The largest absolute Gasteiger partial charge is 0.459 e. The number of rotatable bonds is 3. The van der Waals surface area contributed by atoms with Gasteiger partial charge in [0.05, 0.1) is 0 Å². The maximum absolute atomic E-state index is 12.8. The van der Waals surface area contributed by atoms with Crippen LogP contribution in [0.3, 0.4) is 0 Å². The molecular formula is C15H13F3N4O2S2. The second kappa shape index (κ2) is 7.16. The third-order valence-corrected chi connectivity index (χ3v) is 4.95. The number of aromatic nitrogens is 2. The van der Waals surface area contributed by atoms with Crippen LogP contribution in [0.4, 0.5) is 23.1 Å². The molecule has 1 aromatic heterocycles. The molecular weight excluding hydrogens is 389 g/mol. The highest BCUT2D eigenvalue weighted by Crippen LogP contribution is 2.36. The van der Waals surface area contributed by atoms with E-state index in [0.29, 0.717) is 18.5 Å². The van der Waals surface area contributed by atoms with E-state index in [1.807, 2.05) is 6.07 Å². The predicted octanol–water partition coefficient (Wildman–Crippen LogP) is 3.54. The number of hydrogen-bond donors (Lipinski definition) is 0. The fourth-order valence-electron chi connectivity index (χ4n) is 2.35. The molecule has 3 rings (SSSR count). The lowest BCUT2D eigenvalue weighted by Crippen LogP contribution is -2.54. The van der Waals surface area contributed by atoms with Crippen molar-refractivity contribution in [2.45, 2.75) is 18.8 Å². The number of nitrogens with zero attached hydrogens (tertiary/aromatic N) is 4. The van der Waals surface area contributed by atoms with Crippen LogP contribution < -0.4 is 4.90 Å². The summed E-state index contributed by atoms with van der Waals surface area (Å²) in [4.78, 5) is 14.9. The van der Waals surface area contributed by atoms with Gasteiger partial charge in [0, 0.05) is 25.6 Å². The summed E-state index contributed by atoms with van der Waals surface area (Å²) in [6.45, 7) is 0.377. The van der Waals surface area contributed by atoms with Gasteiger partial charge in [-0.25, -0.2) is 9.69 Å². The van der Waals surface area contributed by atoms with Crippen molar-refractivity contribution in [2.75, 3.05) is 18.5 Å². The molecule has 2 heterocycles. The van der Waals surface area contributed by atoms with Crippen LogP contribution in [0.5, 0.6) is 0 Å². The Morgan fingerprint density at radius 2 is 2.00 bits per heavy atom. The third kappa shape index (κ3) is 3.78. The average Bonchev–Trinajstić information content (AvgIpc) is 3.09. The van der Waals surface area contributed by atoms with Crippen molar-refractivity contribution in [3.05, 3.63) is 40.9 Å². The molecule has 11 heteroatoms. The van der Waals surface area contributed by atoms with Crippen LogP contribution in [0, 0.1) is 0 Å². The number of carbonyl (C=O) groups is 1. The van der Waals surface area contributed by atoms with Gasteiger partial charge in [-0.1, -0.05) is 41.7 Å². The van der Waals surface area contributed by atoms with Gasteiger partial charge in [-0.15, -0.1) is 10.2 Å². The Hall–Kier alpha value is -2.27. The molecule has 1 fully saturated rings. The van der Waals surface area contributed by atoms with Crippen molar-refractivity contribution in [3.63, 3.8) is 0 Å². The molecule has 1 atom stereocenters. The summed E-state index contributed by atoms with van der Waals surface area (Å²) in [6.07, 6.45) is -5.13. The first-order chi connectivity index (χ1) is 12.3. The Morgan fingerprint density at radius 3 is 2.62 bits per heavy atom. The monoisotopic (exact) mass is 402 g/mol. The second-order valence-corrected chi connectivity index (χ2v) is 6.80. The standard InChI is InChI=1S/C15H13F3N4O2S2/c1-21-8-7-10(24-11(25)9-5-3-2-4-6-9)22(14(21)23)13-20-19-12(26-13)15(16,17)18/h2-6,10H,7-8H2,1H3. The average molecular weight is 402 g/mol. The lowest BCUT2D eigenvalue weighted by atomic mass is 10.2. The lowest BCUT2D eigenvalue weighted by Gasteiger charge is -2.37. The minimum absolute atomic E-state index is 0.151. The van der Waals surface area contributed by atoms with Gasteiger partial charge in [0.15, 0.2) is 11.3 Å². The Bertz CT molecular complexity index is 813. The number of amides is 2. The SMILES string of the molecule is CN1CCC(OC(=S)c2ccccc2)N(c2nnc(C(F)(F)F)s2)C1=O. The van der Waals surface area contributed by atoms with Crippen LogP contribution >= 0.6 is 23.6 Å². The molecule has 1 aliphatic heterocycles. The van der Waals surface area contributed by atoms with Crippen molar-refractivity contribution < 1.29 is 22.7 Å². The van der Waals surface area contributed by atoms with Crippen molar-refractivity contribution in [1.29, 1.82) is 0 Å². The second-order valence-electron chi connectivity index (χ2n) is 5.48. The molecule has 0 aliphatic carbocycles. The summed E-state index contributed by atoms with van der Waals surface area (Å²) in [5.41, 5.74) is 0.641. The maximum Gasteiger partial charge on any atom is 0.445 e. The van der Waals surface area contributed by atoms with Crippen LogP contribution in [0.25, 0.3) is 0 Å². The number of carbonyl (C=O) groups excluding carboxylic acids is 1. The van der Waals surface area contributed by atoms with E-state index in [1.165, 1.54) is 4.90 Å². The van der Waals surface area contributed by atoms with Crippen molar-refractivity contribution in [3.8, 4) is 0 Å². The highest BCUT2D eigenvalue weighted by molar-refractivity contribution is 7.80. The maximum atomic E-state index is 12.8. The molecule has 0 spiro atoms. The molecule has 0 radical (unpaired) electrons. The Morgan fingerprint density at radius 1 is 1.31 bits per heavy atom. The zero-order valence-electron chi connectivity index (χ0n) is 13.4. The van der Waals surface area contributed by atoms with Crippen LogP contribution in [0.15, 0.2) is 30.3 Å². The number of halogens is 3. The van der Waals surface area contributed by atoms with Crippen molar-refractivity contribution >= 4 is 39.8 Å². The molecule has 1 unspecified atom stereocenters. The molecule has 1 aliphatic rings. The molecule has 26 heavy (non-hydrogen) atoms. The van der Waals surface area contributed by atoms with Gasteiger partial charge in [0.2, 0.25) is 10.1 Å². The van der Waals surface area contributed by atoms with Gasteiger partial charge in [0.1, 0.15) is 0 Å². The van der Waals surface area contributed by atoms with Gasteiger partial charge >= 0.3 is 12.2 Å². The molecule has 1 aromatic carbocycles. The van der Waals surface area contributed by atoms with Crippen LogP contribution in [-0.4, -0.2) is 46.0 Å². The van der Waals surface area contributed by atoms with Gasteiger partial charge in [-0.2, -0.15) is 13.2 Å². The number of benzene rings is 1. The zero-order chi connectivity index (χ0) is 18.9. The normalized spacial score (nSPS) is 18.2. The number of thiocarbonyl (C=S) groups is 1. The number of alkyl halides is 3. The molecule has 1 saturated heterocycles. The molecule has 2 amide bonds. The zero-order valence-corrected chi connectivity index (χ0v) is 15.1. The highest BCUT2D eigenvalue weighted by atomic mass is 32.1. The highest BCUT2D eigenvalue weighted by Gasteiger charge is 2.41. The first-order valence-electron chi connectivity index (χ1n) is 7.48. The Labute approximate surface area is 156 Å². The van der Waals surface area contributed by atoms with E-state index in [-0.39, 0.29) is 21.5 Å². The minimum Gasteiger partial charge on any atom is -0.459 e. The Balaban J connectivity index is 1.87. The van der Waals surface area contributed by atoms with Gasteiger partial charge in [-0.05, 0) is 12.2 Å². The summed E-state index contributed by atoms with van der Waals surface area (Å²) in [6, 6.07) is 8.34. The molecule has 2 aromatic rings. The van der Waals surface area contributed by atoms with E-state index in [4.69, 9.17) is 17.0 Å². The summed E-state index contributed by atoms with van der Waals surface area (Å²) in [5.74, 6) is 0. The number of urea groups is 1. The van der Waals surface area contributed by atoms with Crippen LogP contribution in [0.1, 0.15) is 17.0 Å². The van der Waals surface area contributed by atoms with Gasteiger partial charge in [-0.3, -0.25) is 0 Å². The van der Waals surface area contributed by atoms with Crippen molar-refractivity contribution in [1.82, 2.24) is 15.1 Å². The van der Waals surface area contributed by atoms with E-state index in [9.17, 15) is 18.0 Å². The topological polar surface area (TPSA) is 58.6 Å². The van der Waals surface area contributed by atoms with Gasteiger partial charge < -0.3 is 9.64 Å². The number of hydrogen-bond acceptors (Lipinski definition) is 6. The van der Waals surface area contributed by atoms with E-state index in [2.05, 4.69) is 10.2 Å². The lowest BCUT2D eigenvalue weighted by molar-refractivity contribution is -0.138. The number of anilines is 1. The third-order valence-electron chi connectivity index (χ3n) is 3.65. The first kappa shape index (κ1) is 18.5. The van der Waals surface area contributed by atoms with Crippen LogP contribution in [-0.2, 0) is 10.9 Å². The molecule has 0 N–H and O–H groups in total. The minimum atomic E-state index is -4.63. The van der Waals surface area contributed by atoms with E-state index in [0.717, 1.165) is 4.90 Å². The fraction of sp³-hybridized carbons (Fsp3) is 0.333. The Kier molecular flexibility index (Phi) is 5.10. The molecule has 6 nitrogen and oxygen atoms in total. The smallest absolute Gasteiger partial charge is 0.445 e. The van der Waals surface area contributed by atoms with Crippen molar-refractivity contribution in [2.24, 2.45) is 0 Å². The summed E-state index contributed by atoms with van der Waals surface area (Å²) in [7, 11) is 1.55. The number of ether oxygens (including phenoxy) is 1. The first-order valence-corrected chi connectivity index (χ1v) is 8.71. The summed E-state index contributed by atoms with van der Waals surface area (Å²) < 4.78 is 44.2. The fourth-order valence-corrected chi connectivity index (χ4v) is 3.34. The summed E-state index contributed by atoms with van der Waals surface area (Å²) in [5, 5.41) is 5.50. The predicted molar refractivity (Wildman–Crippen MR) is 93.0 cm³/mol. The van der Waals surface area contributed by atoms with E-state index in [1.54, 1.807) is 31.3 Å². The van der Waals surface area contributed by atoms with Crippen LogP contribution in [0.2, 0.25) is 0 Å². The molecule has 0 bridgehead atoms. The quantitative estimate of drug-likeness (QED) is 0.735. The van der Waals surface area contributed by atoms with E-state index < -0.39 is 23.4 Å². The van der Waals surface area contributed by atoms with Gasteiger partial charge in [0.25, 0.3) is 0 Å². The molecule has 138 valence electrons. The molecule has 0 saturated carbocycles.